The SMILES string of the molecule is BrCc1cc2c(cc1CBr)OCCOCCOCCOCCO2. The molecule has 0 aliphatic carbocycles. The van der Waals surface area contributed by atoms with Gasteiger partial charge in [-0.1, -0.05) is 31.9 Å². The molecule has 0 atom stereocenters. The topological polar surface area (TPSA) is 46.2 Å². The lowest BCUT2D eigenvalue weighted by molar-refractivity contribution is 0.00708. The average molecular weight is 454 g/mol. The minimum atomic E-state index is 0.474. The van der Waals surface area contributed by atoms with E-state index in [4.69, 9.17) is 23.7 Å². The zero-order chi connectivity index (χ0) is 16.3. The fourth-order valence-corrected chi connectivity index (χ4v) is 3.13. The highest BCUT2D eigenvalue weighted by Gasteiger charge is 2.12. The highest BCUT2D eigenvalue weighted by atomic mass is 79.9. The monoisotopic (exact) mass is 452 g/mol. The van der Waals surface area contributed by atoms with E-state index in [9.17, 15) is 0 Å². The van der Waals surface area contributed by atoms with Gasteiger partial charge in [-0.15, -0.1) is 0 Å². The molecule has 23 heavy (non-hydrogen) atoms. The van der Waals surface area contributed by atoms with Gasteiger partial charge in [-0.2, -0.15) is 0 Å². The second-order valence-corrected chi connectivity index (χ2v) is 5.99. The van der Waals surface area contributed by atoms with Gasteiger partial charge in [0.15, 0.2) is 11.5 Å². The smallest absolute Gasteiger partial charge is 0.161 e. The molecule has 0 N–H and O–H groups in total. The Balaban J connectivity index is 2.08. The molecule has 1 aliphatic rings. The molecule has 1 aromatic rings. The van der Waals surface area contributed by atoms with Gasteiger partial charge >= 0.3 is 0 Å². The maximum Gasteiger partial charge on any atom is 0.161 e. The van der Waals surface area contributed by atoms with Crippen molar-refractivity contribution in [2.45, 2.75) is 10.7 Å². The molecule has 1 aromatic carbocycles. The van der Waals surface area contributed by atoms with Gasteiger partial charge in [-0.25, -0.2) is 0 Å². The van der Waals surface area contributed by atoms with Crippen molar-refractivity contribution in [2.75, 3.05) is 52.9 Å². The minimum Gasteiger partial charge on any atom is -0.487 e. The molecule has 1 aliphatic heterocycles. The summed E-state index contributed by atoms with van der Waals surface area (Å²) >= 11 is 7.03. The second kappa shape index (κ2) is 11.3. The maximum absolute atomic E-state index is 5.84. The molecule has 7 heteroatoms. The van der Waals surface area contributed by atoms with Crippen molar-refractivity contribution in [1.82, 2.24) is 0 Å². The highest BCUT2D eigenvalue weighted by Crippen LogP contribution is 2.33. The fraction of sp³-hybridized carbons (Fsp3) is 0.625. The van der Waals surface area contributed by atoms with Gasteiger partial charge in [0.2, 0.25) is 0 Å². The number of fused-ring (bicyclic) bond motifs is 1. The van der Waals surface area contributed by atoms with E-state index in [2.05, 4.69) is 31.9 Å². The van der Waals surface area contributed by atoms with Gasteiger partial charge < -0.3 is 23.7 Å². The van der Waals surface area contributed by atoms with E-state index in [1.165, 1.54) is 11.1 Å². The number of rotatable bonds is 2. The molecule has 0 aromatic heterocycles. The summed E-state index contributed by atoms with van der Waals surface area (Å²) in [5, 5.41) is 1.53. The molecule has 0 bridgehead atoms. The molecule has 0 radical (unpaired) electrons. The van der Waals surface area contributed by atoms with Gasteiger partial charge in [0.25, 0.3) is 0 Å². The Kier molecular flexibility index (Phi) is 9.29. The quantitative estimate of drug-likeness (QED) is 0.643. The van der Waals surface area contributed by atoms with Crippen LogP contribution >= 0.6 is 31.9 Å². The molecule has 0 amide bonds. The van der Waals surface area contributed by atoms with Crippen molar-refractivity contribution in [2.24, 2.45) is 0 Å². The van der Waals surface area contributed by atoms with Crippen molar-refractivity contribution in [3.05, 3.63) is 23.3 Å². The Hall–Kier alpha value is -0.340. The van der Waals surface area contributed by atoms with Crippen LogP contribution in [0.1, 0.15) is 11.1 Å². The third-order valence-corrected chi connectivity index (χ3v) is 4.48. The largest absolute Gasteiger partial charge is 0.487 e. The van der Waals surface area contributed by atoms with Crippen LogP contribution in [0, 0.1) is 0 Å². The predicted molar refractivity (Wildman–Crippen MR) is 95.2 cm³/mol. The van der Waals surface area contributed by atoms with Crippen LogP contribution < -0.4 is 9.47 Å². The van der Waals surface area contributed by atoms with Crippen LogP contribution in [-0.4, -0.2) is 52.9 Å². The number of benzene rings is 1. The van der Waals surface area contributed by atoms with Gasteiger partial charge in [0.1, 0.15) is 13.2 Å². The third-order valence-electron chi connectivity index (χ3n) is 3.27. The Morgan fingerprint density at radius 3 is 1.30 bits per heavy atom. The zero-order valence-electron chi connectivity index (χ0n) is 13.0. The van der Waals surface area contributed by atoms with E-state index in [-0.39, 0.29) is 0 Å². The Labute approximate surface area is 153 Å². The summed E-state index contributed by atoms with van der Waals surface area (Å²) in [6, 6.07) is 4.03. The van der Waals surface area contributed by atoms with E-state index >= 15 is 0 Å². The summed E-state index contributed by atoms with van der Waals surface area (Å²) in [6.07, 6.45) is 0. The number of hydrogen-bond donors (Lipinski definition) is 0. The summed E-state index contributed by atoms with van der Waals surface area (Å²) in [5.74, 6) is 1.47. The molecular formula is C16H22Br2O5. The highest BCUT2D eigenvalue weighted by molar-refractivity contribution is 9.09. The summed E-state index contributed by atoms with van der Waals surface area (Å²) in [5.41, 5.74) is 2.35. The Morgan fingerprint density at radius 1 is 0.609 bits per heavy atom. The Morgan fingerprint density at radius 2 is 0.957 bits per heavy atom. The van der Waals surface area contributed by atoms with E-state index in [0.29, 0.717) is 52.9 Å². The molecular weight excluding hydrogens is 432 g/mol. The molecule has 1 heterocycles. The summed E-state index contributed by atoms with van der Waals surface area (Å²) in [7, 11) is 0. The lowest BCUT2D eigenvalue weighted by atomic mass is 10.1. The van der Waals surface area contributed by atoms with Crippen LogP contribution in [0.4, 0.5) is 0 Å². The second-order valence-electron chi connectivity index (χ2n) is 4.87. The summed E-state index contributed by atoms with van der Waals surface area (Å²) < 4.78 is 28.0. The standard InChI is InChI=1S/C16H22Br2O5/c17-11-13-9-15-16(10-14(13)12-18)23-8-6-21-4-2-19-1-3-20-5-7-22-15/h9-10H,1-8,11-12H2. The maximum atomic E-state index is 5.84. The molecule has 0 saturated heterocycles. The van der Waals surface area contributed by atoms with Crippen molar-refractivity contribution in [3.63, 3.8) is 0 Å². The number of ether oxygens (including phenoxy) is 5. The van der Waals surface area contributed by atoms with Crippen molar-refractivity contribution < 1.29 is 23.7 Å². The summed E-state index contributed by atoms with van der Waals surface area (Å²) in [4.78, 5) is 0. The first-order valence-corrected chi connectivity index (χ1v) is 9.86. The van der Waals surface area contributed by atoms with E-state index in [0.717, 1.165) is 22.2 Å². The molecule has 5 nitrogen and oxygen atoms in total. The molecule has 2 rings (SSSR count). The third kappa shape index (κ3) is 6.58. The number of halogens is 2. The zero-order valence-corrected chi connectivity index (χ0v) is 16.2. The number of hydrogen-bond acceptors (Lipinski definition) is 5. The van der Waals surface area contributed by atoms with Crippen LogP contribution in [0.2, 0.25) is 0 Å². The Bertz CT molecular complexity index is 429. The van der Waals surface area contributed by atoms with Gasteiger partial charge in [-0.05, 0) is 23.3 Å². The summed E-state index contributed by atoms with van der Waals surface area (Å²) in [6.45, 7) is 4.23. The van der Waals surface area contributed by atoms with E-state index < -0.39 is 0 Å². The first-order valence-electron chi connectivity index (χ1n) is 7.61. The minimum absolute atomic E-state index is 0.474. The van der Waals surface area contributed by atoms with Crippen molar-refractivity contribution >= 4 is 31.9 Å². The average Bonchev–Trinajstić information content (AvgIpc) is 2.59. The van der Waals surface area contributed by atoms with Gasteiger partial charge in [0, 0.05) is 10.7 Å². The predicted octanol–water partition coefficient (Wildman–Crippen LogP) is 3.30. The van der Waals surface area contributed by atoms with E-state index in [1.54, 1.807) is 0 Å². The van der Waals surface area contributed by atoms with Crippen LogP contribution in [0.15, 0.2) is 12.1 Å². The molecule has 130 valence electrons. The van der Waals surface area contributed by atoms with Crippen molar-refractivity contribution in [3.8, 4) is 11.5 Å². The fourth-order valence-electron chi connectivity index (χ4n) is 2.08. The molecule has 0 fully saturated rings. The van der Waals surface area contributed by atoms with Crippen LogP contribution in [0.5, 0.6) is 11.5 Å². The van der Waals surface area contributed by atoms with Gasteiger partial charge in [0.05, 0.1) is 39.6 Å². The number of alkyl halides is 2. The lowest BCUT2D eigenvalue weighted by Crippen LogP contribution is -2.13. The van der Waals surface area contributed by atoms with Crippen molar-refractivity contribution in [1.29, 1.82) is 0 Å². The van der Waals surface area contributed by atoms with Crippen LogP contribution in [0.25, 0.3) is 0 Å². The molecule has 0 saturated carbocycles. The first kappa shape index (κ1) is 19.0. The lowest BCUT2D eigenvalue weighted by Gasteiger charge is -2.16. The van der Waals surface area contributed by atoms with Gasteiger partial charge in [-0.3, -0.25) is 0 Å². The first-order chi connectivity index (χ1) is 11.3. The van der Waals surface area contributed by atoms with Crippen LogP contribution in [0.3, 0.4) is 0 Å². The van der Waals surface area contributed by atoms with E-state index in [1.807, 2.05) is 12.1 Å². The normalized spacial score (nSPS) is 18.0. The molecule has 0 unspecified atom stereocenters. The van der Waals surface area contributed by atoms with Crippen LogP contribution in [-0.2, 0) is 24.9 Å². The molecule has 0 spiro atoms.